The van der Waals surface area contributed by atoms with Crippen molar-refractivity contribution in [3.05, 3.63) is 65.2 Å². The molecule has 3 rings (SSSR count). The number of benzene rings is 2. The van der Waals surface area contributed by atoms with Crippen LogP contribution in [0.4, 0.5) is 0 Å². The van der Waals surface area contributed by atoms with Crippen molar-refractivity contribution in [2.45, 2.75) is 45.4 Å². The summed E-state index contributed by atoms with van der Waals surface area (Å²) in [5.74, 6) is 0.574. The minimum Gasteiger partial charge on any atom is -0.488 e. The number of halogens is 1. The number of amides is 1. The Morgan fingerprint density at radius 1 is 1.19 bits per heavy atom. The second-order valence-corrected chi connectivity index (χ2v) is 6.76. The number of carbonyl (C=O) groups is 1. The number of nitrogens with one attached hydrogen (secondary N) is 2. The summed E-state index contributed by atoms with van der Waals surface area (Å²) >= 11 is 0. The summed E-state index contributed by atoms with van der Waals surface area (Å²) in [6, 6.07) is 16.2. The van der Waals surface area contributed by atoms with E-state index in [0.29, 0.717) is 24.0 Å². The van der Waals surface area contributed by atoms with E-state index < -0.39 is 0 Å². The molecule has 1 aliphatic heterocycles. The summed E-state index contributed by atoms with van der Waals surface area (Å²) < 4.78 is 5.96. The van der Waals surface area contributed by atoms with Crippen LogP contribution in [0.15, 0.2) is 48.5 Å². The van der Waals surface area contributed by atoms with Gasteiger partial charge in [-0.15, -0.1) is 12.4 Å². The summed E-state index contributed by atoms with van der Waals surface area (Å²) in [7, 11) is 0. The number of piperidine rings is 1. The molecule has 0 radical (unpaired) electrons. The molecule has 26 heavy (non-hydrogen) atoms. The minimum atomic E-state index is -0.0560. The molecule has 0 saturated carbocycles. The van der Waals surface area contributed by atoms with Crippen molar-refractivity contribution >= 4 is 18.3 Å². The van der Waals surface area contributed by atoms with Crippen LogP contribution in [-0.4, -0.2) is 24.5 Å². The van der Waals surface area contributed by atoms with E-state index in [1.54, 1.807) is 0 Å². The Morgan fingerprint density at radius 3 is 2.69 bits per heavy atom. The molecule has 2 unspecified atom stereocenters. The number of carbonyl (C=O) groups excluding carboxylic acids is 1. The van der Waals surface area contributed by atoms with E-state index >= 15 is 0 Å². The Kier molecular flexibility index (Phi) is 7.49. The van der Waals surface area contributed by atoms with Crippen molar-refractivity contribution in [3.63, 3.8) is 0 Å². The molecule has 1 heterocycles. The van der Waals surface area contributed by atoms with Crippen molar-refractivity contribution in [1.29, 1.82) is 0 Å². The summed E-state index contributed by atoms with van der Waals surface area (Å²) in [5, 5.41) is 6.56. The molecule has 5 heteroatoms. The number of aryl methyl sites for hydroxylation is 1. The smallest absolute Gasteiger partial charge is 0.255 e. The number of para-hydroxylation sites is 1. The van der Waals surface area contributed by atoms with E-state index in [9.17, 15) is 4.79 Å². The Labute approximate surface area is 161 Å². The predicted molar refractivity (Wildman–Crippen MR) is 107 cm³/mol. The third kappa shape index (κ3) is 5.23. The lowest BCUT2D eigenvalue weighted by Crippen LogP contribution is -2.46. The van der Waals surface area contributed by atoms with Gasteiger partial charge in [-0.2, -0.15) is 0 Å². The van der Waals surface area contributed by atoms with E-state index in [1.807, 2.05) is 36.4 Å². The molecule has 1 amide bonds. The first-order valence-corrected chi connectivity index (χ1v) is 8.94. The number of hydrogen-bond acceptors (Lipinski definition) is 3. The minimum absolute atomic E-state index is 0. The maximum Gasteiger partial charge on any atom is 0.255 e. The van der Waals surface area contributed by atoms with Crippen LogP contribution in [0.1, 0.15) is 41.3 Å². The van der Waals surface area contributed by atoms with Gasteiger partial charge in [0.15, 0.2) is 0 Å². The van der Waals surface area contributed by atoms with Gasteiger partial charge in [-0.05, 0) is 56.5 Å². The molecule has 0 spiro atoms. The largest absolute Gasteiger partial charge is 0.488 e. The van der Waals surface area contributed by atoms with Gasteiger partial charge in [0.05, 0.1) is 5.56 Å². The van der Waals surface area contributed by atoms with Crippen LogP contribution < -0.4 is 15.4 Å². The van der Waals surface area contributed by atoms with Gasteiger partial charge in [0.2, 0.25) is 0 Å². The summed E-state index contributed by atoms with van der Waals surface area (Å²) in [6.45, 7) is 5.62. The first-order valence-electron chi connectivity index (χ1n) is 8.94. The van der Waals surface area contributed by atoms with Gasteiger partial charge in [-0.1, -0.05) is 36.4 Å². The van der Waals surface area contributed by atoms with Crippen LogP contribution >= 0.6 is 12.4 Å². The fourth-order valence-electron chi connectivity index (χ4n) is 3.23. The van der Waals surface area contributed by atoms with Crippen molar-refractivity contribution in [1.82, 2.24) is 10.6 Å². The lowest BCUT2D eigenvalue weighted by Gasteiger charge is -2.28. The molecular formula is C21H27ClN2O2. The summed E-state index contributed by atoms with van der Waals surface area (Å²) in [4.78, 5) is 12.7. The van der Waals surface area contributed by atoms with E-state index in [2.05, 4.69) is 36.6 Å². The lowest BCUT2D eigenvalue weighted by atomic mass is 10.00. The molecule has 2 aromatic carbocycles. The van der Waals surface area contributed by atoms with Crippen molar-refractivity contribution in [3.8, 4) is 5.75 Å². The van der Waals surface area contributed by atoms with Gasteiger partial charge in [-0.3, -0.25) is 4.79 Å². The molecule has 2 atom stereocenters. The zero-order chi connectivity index (χ0) is 17.6. The number of rotatable bonds is 5. The predicted octanol–water partition coefficient (Wildman–Crippen LogP) is 3.87. The topological polar surface area (TPSA) is 50.4 Å². The highest BCUT2D eigenvalue weighted by molar-refractivity contribution is 5.97. The fraction of sp³-hybridized carbons (Fsp3) is 0.381. The molecule has 140 valence electrons. The van der Waals surface area contributed by atoms with Gasteiger partial charge < -0.3 is 15.4 Å². The van der Waals surface area contributed by atoms with Crippen LogP contribution in [-0.2, 0) is 6.61 Å². The normalized spacial score (nSPS) is 19.3. The van der Waals surface area contributed by atoms with E-state index in [0.717, 1.165) is 24.9 Å². The summed E-state index contributed by atoms with van der Waals surface area (Å²) in [6.07, 6.45) is 1.92. The van der Waals surface area contributed by atoms with Crippen LogP contribution in [0.3, 0.4) is 0 Å². The SMILES string of the molecule is Cc1ccccc1COc1ccccc1C(=O)NC1CCNC(C)C1.Cl. The Morgan fingerprint density at radius 2 is 1.92 bits per heavy atom. The van der Waals surface area contributed by atoms with E-state index in [4.69, 9.17) is 4.74 Å². The molecular weight excluding hydrogens is 348 g/mol. The third-order valence-electron chi connectivity index (χ3n) is 4.74. The highest BCUT2D eigenvalue weighted by Crippen LogP contribution is 2.21. The molecule has 2 N–H and O–H groups in total. The van der Waals surface area contributed by atoms with Crippen molar-refractivity contribution in [2.24, 2.45) is 0 Å². The van der Waals surface area contributed by atoms with Crippen LogP contribution in [0.2, 0.25) is 0 Å². The van der Waals surface area contributed by atoms with E-state index in [-0.39, 0.29) is 24.4 Å². The van der Waals surface area contributed by atoms with E-state index in [1.165, 1.54) is 5.56 Å². The second-order valence-electron chi connectivity index (χ2n) is 6.76. The van der Waals surface area contributed by atoms with Crippen LogP contribution in [0, 0.1) is 6.92 Å². The Bertz CT molecular complexity index is 735. The first kappa shape index (κ1) is 20.3. The van der Waals surface area contributed by atoms with Gasteiger partial charge >= 0.3 is 0 Å². The standard InChI is InChI=1S/C21H26N2O2.ClH/c1-15-7-3-4-8-17(15)14-25-20-10-6-5-9-19(20)21(24)23-18-11-12-22-16(2)13-18;/h3-10,16,18,22H,11-14H2,1-2H3,(H,23,24);1H. The number of ether oxygens (including phenoxy) is 1. The van der Waals surface area contributed by atoms with Crippen molar-refractivity contribution in [2.75, 3.05) is 6.54 Å². The zero-order valence-corrected chi connectivity index (χ0v) is 16.1. The maximum absolute atomic E-state index is 12.7. The quantitative estimate of drug-likeness (QED) is 0.835. The molecule has 0 aliphatic carbocycles. The average Bonchev–Trinajstić information content (AvgIpc) is 2.61. The first-order chi connectivity index (χ1) is 12.1. The summed E-state index contributed by atoms with van der Waals surface area (Å²) in [5.41, 5.74) is 2.92. The highest BCUT2D eigenvalue weighted by Gasteiger charge is 2.21. The molecule has 1 saturated heterocycles. The highest BCUT2D eigenvalue weighted by atomic mass is 35.5. The molecule has 0 bridgehead atoms. The second kappa shape index (κ2) is 9.60. The Hall–Kier alpha value is -2.04. The molecule has 4 nitrogen and oxygen atoms in total. The Balaban J connectivity index is 0.00000243. The maximum atomic E-state index is 12.7. The fourth-order valence-corrected chi connectivity index (χ4v) is 3.23. The third-order valence-corrected chi connectivity index (χ3v) is 4.74. The van der Waals surface area contributed by atoms with Crippen molar-refractivity contribution < 1.29 is 9.53 Å². The van der Waals surface area contributed by atoms with Gasteiger partial charge in [0.25, 0.3) is 5.91 Å². The number of hydrogen-bond donors (Lipinski definition) is 2. The van der Waals surface area contributed by atoms with Gasteiger partial charge in [0.1, 0.15) is 12.4 Å². The average molecular weight is 375 g/mol. The van der Waals surface area contributed by atoms with Crippen LogP contribution in [0.25, 0.3) is 0 Å². The lowest BCUT2D eigenvalue weighted by molar-refractivity contribution is 0.0921. The molecule has 1 aliphatic rings. The molecule has 0 aromatic heterocycles. The van der Waals surface area contributed by atoms with Gasteiger partial charge in [0, 0.05) is 12.1 Å². The van der Waals surface area contributed by atoms with Crippen LogP contribution in [0.5, 0.6) is 5.75 Å². The zero-order valence-electron chi connectivity index (χ0n) is 15.3. The monoisotopic (exact) mass is 374 g/mol. The molecule has 2 aromatic rings. The molecule has 1 fully saturated rings. The van der Waals surface area contributed by atoms with Gasteiger partial charge in [-0.25, -0.2) is 0 Å².